The van der Waals surface area contributed by atoms with E-state index in [0.717, 1.165) is 66.7 Å². The summed E-state index contributed by atoms with van der Waals surface area (Å²) in [6.45, 7) is 4.74. The van der Waals surface area contributed by atoms with Gasteiger partial charge in [-0.3, -0.25) is 0 Å². The molecule has 1 aliphatic carbocycles. The first-order valence-electron chi connectivity index (χ1n) is 20.8. The Morgan fingerprint density at radius 1 is 0.361 bits per heavy atom. The van der Waals surface area contributed by atoms with Crippen molar-refractivity contribution >= 4 is 33.0 Å². The van der Waals surface area contributed by atoms with Crippen molar-refractivity contribution in [3.8, 4) is 78.5 Å². The highest BCUT2D eigenvalue weighted by Crippen LogP contribution is 2.52. The first-order chi connectivity index (χ1) is 29.9. The van der Waals surface area contributed by atoms with Gasteiger partial charge in [-0.05, 0) is 156 Å². The zero-order chi connectivity index (χ0) is 40.7. The van der Waals surface area contributed by atoms with E-state index in [1.807, 2.05) is 48.5 Å². The molecule has 0 spiro atoms. The number of oxazole rings is 2. The molecular weight excluding hydrogens is 745 g/mol. The van der Waals surface area contributed by atoms with Gasteiger partial charge in [0.2, 0.25) is 11.8 Å². The molecule has 0 fully saturated rings. The summed E-state index contributed by atoms with van der Waals surface area (Å²) < 4.78 is 12.2. The van der Waals surface area contributed by atoms with Gasteiger partial charge < -0.3 is 8.83 Å². The highest BCUT2D eigenvalue weighted by Gasteiger charge is 2.37. The second-order valence-corrected chi connectivity index (χ2v) is 16.6. The van der Waals surface area contributed by atoms with Crippen molar-refractivity contribution in [2.75, 3.05) is 0 Å². The Morgan fingerprint density at radius 2 is 0.820 bits per heavy atom. The summed E-state index contributed by atoms with van der Waals surface area (Å²) >= 11 is 0. The molecule has 0 saturated heterocycles. The molecule has 0 aliphatic heterocycles. The average molecular weight is 783 g/mol. The van der Waals surface area contributed by atoms with Crippen LogP contribution in [0.2, 0.25) is 0 Å². The minimum absolute atomic E-state index is 0.131. The minimum atomic E-state index is -0.131. The molecule has 9 aromatic carbocycles. The molecule has 11 aromatic rings. The van der Waals surface area contributed by atoms with Gasteiger partial charge in [-0.25, -0.2) is 9.97 Å². The number of hydrogen-bond donors (Lipinski definition) is 0. The Morgan fingerprint density at radius 3 is 1.43 bits per heavy atom. The van der Waals surface area contributed by atoms with Gasteiger partial charge in [-0.15, -0.1) is 0 Å². The number of aromatic nitrogens is 2. The first-order valence-corrected chi connectivity index (χ1v) is 20.8. The molecule has 0 bridgehead atoms. The van der Waals surface area contributed by atoms with Crippen LogP contribution in [0.1, 0.15) is 25.0 Å². The zero-order valence-electron chi connectivity index (χ0n) is 33.7. The Bertz CT molecular complexity index is 3300. The van der Waals surface area contributed by atoms with Gasteiger partial charge in [0.05, 0.1) is 0 Å². The van der Waals surface area contributed by atoms with Gasteiger partial charge in [0.1, 0.15) is 11.0 Å². The third-order valence-corrected chi connectivity index (χ3v) is 12.5. The van der Waals surface area contributed by atoms with Gasteiger partial charge >= 0.3 is 0 Å². The molecule has 4 heteroatoms. The van der Waals surface area contributed by atoms with Crippen LogP contribution in [0.25, 0.3) is 112 Å². The molecule has 2 aromatic heterocycles. The van der Waals surface area contributed by atoms with Crippen LogP contribution in [-0.2, 0) is 5.41 Å². The summed E-state index contributed by atoms with van der Waals surface area (Å²) in [5.41, 5.74) is 19.6. The quantitative estimate of drug-likeness (QED) is 0.169. The van der Waals surface area contributed by atoms with Crippen LogP contribution >= 0.6 is 0 Å². The van der Waals surface area contributed by atoms with E-state index in [-0.39, 0.29) is 5.41 Å². The van der Waals surface area contributed by atoms with Gasteiger partial charge in [-0.2, -0.15) is 0 Å². The second-order valence-electron chi connectivity index (χ2n) is 16.6. The van der Waals surface area contributed by atoms with Crippen molar-refractivity contribution in [3.05, 3.63) is 205 Å². The molecule has 2 heterocycles. The Balaban J connectivity index is 0.936. The lowest BCUT2D eigenvalue weighted by molar-refractivity contribution is 0.619. The van der Waals surface area contributed by atoms with Crippen molar-refractivity contribution in [1.29, 1.82) is 0 Å². The predicted octanol–water partition coefficient (Wildman–Crippen LogP) is 15.4. The topological polar surface area (TPSA) is 52.1 Å². The molecule has 1 aliphatic rings. The molecule has 0 unspecified atom stereocenters. The van der Waals surface area contributed by atoms with Crippen LogP contribution in [0.15, 0.2) is 203 Å². The van der Waals surface area contributed by atoms with Crippen LogP contribution < -0.4 is 0 Å². The van der Waals surface area contributed by atoms with Gasteiger partial charge in [0.25, 0.3) is 0 Å². The van der Waals surface area contributed by atoms with Crippen molar-refractivity contribution < 1.29 is 8.83 Å². The number of benzene rings is 9. The largest absolute Gasteiger partial charge is 0.436 e. The van der Waals surface area contributed by atoms with E-state index >= 15 is 0 Å². The third kappa shape index (κ3) is 5.90. The molecule has 0 saturated carbocycles. The summed E-state index contributed by atoms with van der Waals surface area (Å²) in [5.74, 6) is 1.23. The van der Waals surface area contributed by atoms with Gasteiger partial charge in [0.15, 0.2) is 11.2 Å². The molecule has 61 heavy (non-hydrogen) atoms. The van der Waals surface area contributed by atoms with E-state index in [1.165, 1.54) is 44.2 Å². The molecule has 4 nitrogen and oxygen atoms in total. The normalized spacial score (nSPS) is 12.9. The van der Waals surface area contributed by atoms with Crippen LogP contribution in [-0.4, -0.2) is 9.97 Å². The van der Waals surface area contributed by atoms with E-state index in [0.29, 0.717) is 11.8 Å². The molecule has 0 amide bonds. The lowest BCUT2D eigenvalue weighted by Gasteiger charge is -2.23. The summed E-state index contributed by atoms with van der Waals surface area (Å²) in [7, 11) is 0. The van der Waals surface area contributed by atoms with Gasteiger partial charge in [0, 0.05) is 16.5 Å². The number of nitrogens with zero attached hydrogens (tertiary/aromatic N) is 2. The highest BCUT2D eigenvalue weighted by atomic mass is 16.4. The maximum absolute atomic E-state index is 6.11. The fourth-order valence-electron chi connectivity index (χ4n) is 9.39. The molecular formula is C57H38N2O2. The highest BCUT2D eigenvalue weighted by molar-refractivity contribution is 5.98. The SMILES string of the molecule is CC1(C)c2cc(-c3cccc(-c4cc(-c5ccc(-c6nc7ccccc7o6)cc5)cc(-c5ccc(-c6nc7ccccc7o6)cc5)c4)c3)ccc2-c2ccc3ccccc3c21. The number of para-hydroxylation sites is 4. The lowest BCUT2D eigenvalue weighted by Crippen LogP contribution is -2.15. The van der Waals surface area contributed by atoms with Crippen molar-refractivity contribution in [2.24, 2.45) is 0 Å². The fraction of sp³-hybridized carbons (Fsp3) is 0.0526. The summed E-state index contributed by atoms with van der Waals surface area (Å²) in [6.07, 6.45) is 0. The number of rotatable bonds is 6. The van der Waals surface area contributed by atoms with Gasteiger partial charge in [-0.1, -0.05) is 129 Å². The van der Waals surface area contributed by atoms with E-state index in [9.17, 15) is 0 Å². The zero-order valence-corrected chi connectivity index (χ0v) is 33.7. The monoisotopic (exact) mass is 782 g/mol. The van der Waals surface area contributed by atoms with E-state index in [2.05, 4.69) is 159 Å². The predicted molar refractivity (Wildman–Crippen MR) is 249 cm³/mol. The first kappa shape index (κ1) is 35.2. The fourth-order valence-corrected chi connectivity index (χ4v) is 9.39. The minimum Gasteiger partial charge on any atom is -0.436 e. The second kappa shape index (κ2) is 13.6. The van der Waals surface area contributed by atoms with Crippen LogP contribution in [0.3, 0.4) is 0 Å². The van der Waals surface area contributed by atoms with E-state index in [4.69, 9.17) is 18.8 Å². The average Bonchev–Trinajstić information content (AvgIpc) is 4.02. The number of fused-ring (bicyclic) bond motifs is 7. The van der Waals surface area contributed by atoms with E-state index in [1.54, 1.807) is 0 Å². The molecule has 288 valence electrons. The van der Waals surface area contributed by atoms with Crippen molar-refractivity contribution in [3.63, 3.8) is 0 Å². The molecule has 0 N–H and O–H groups in total. The Kier molecular flexibility index (Phi) is 7.85. The summed E-state index contributed by atoms with van der Waals surface area (Å²) in [4.78, 5) is 9.48. The standard InChI is InChI=1S/C57H38N2O2/c1-57(2)49-34-42(27-28-47(49)48-29-26-37-10-3-4-13-46(37)54(48)57)40-11-9-12-41(30-40)45-32-43(35-18-22-38(23-19-35)55-58-50-14-5-7-16-52(50)60-55)31-44(33-45)36-20-24-39(25-21-36)56-59-51-15-6-8-17-53(51)61-56/h3-34H,1-2H3. The number of hydrogen-bond acceptors (Lipinski definition) is 4. The molecule has 0 radical (unpaired) electrons. The summed E-state index contributed by atoms with van der Waals surface area (Å²) in [5, 5.41) is 2.62. The maximum Gasteiger partial charge on any atom is 0.227 e. The smallest absolute Gasteiger partial charge is 0.227 e. The van der Waals surface area contributed by atoms with E-state index < -0.39 is 0 Å². The Labute approximate surface area is 353 Å². The van der Waals surface area contributed by atoms with Crippen LogP contribution in [0, 0.1) is 0 Å². The third-order valence-electron chi connectivity index (χ3n) is 12.5. The molecule has 12 rings (SSSR count). The van der Waals surface area contributed by atoms with Crippen molar-refractivity contribution in [2.45, 2.75) is 19.3 Å². The maximum atomic E-state index is 6.11. The molecule has 0 atom stereocenters. The van der Waals surface area contributed by atoms with Crippen LogP contribution in [0.4, 0.5) is 0 Å². The van der Waals surface area contributed by atoms with Crippen LogP contribution in [0.5, 0.6) is 0 Å². The lowest BCUT2D eigenvalue weighted by atomic mass is 9.79. The van der Waals surface area contributed by atoms with Crippen molar-refractivity contribution in [1.82, 2.24) is 9.97 Å². The summed E-state index contributed by atoms with van der Waals surface area (Å²) in [6, 6.07) is 69.0. The Hall–Kier alpha value is -7.82.